The predicted octanol–water partition coefficient (Wildman–Crippen LogP) is 4.07. The van der Waals surface area contributed by atoms with Gasteiger partial charge in [0, 0.05) is 29.7 Å². The van der Waals surface area contributed by atoms with Crippen LogP contribution in [0.1, 0.15) is 30.4 Å². The number of amides is 1. The zero-order valence-corrected chi connectivity index (χ0v) is 15.3. The normalized spacial score (nSPS) is 17.1. The molecule has 0 bridgehead atoms. The van der Waals surface area contributed by atoms with Crippen LogP contribution in [0, 0.1) is 17.5 Å². The largest absolute Gasteiger partial charge is 0.466 e. The van der Waals surface area contributed by atoms with Crippen molar-refractivity contribution >= 4 is 11.9 Å². The van der Waals surface area contributed by atoms with E-state index in [1.54, 1.807) is 12.1 Å². The third kappa shape index (κ3) is 3.65. The zero-order chi connectivity index (χ0) is 20.4. The molecule has 0 aromatic heterocycles. The summed E-state index contributed by atoms with van der Waals surface area (Å²) in [7, 11) is 1.18. The van der Waals surface area contributed by atoms with Crippen LogP contribution in [0.5, 0.6) is 0 Å². The summed E-state index contributed by atoms with van der Waals surface area (Å²) in [6, 6.07) is 8.98. The number of ether oxygens (including phenoxy) is 1. The number of halogens is 3. The highest BCUT2D eigenvalue weighted by atomic mass is 19.1. The molecular formula is C21H18F3NO3. The number of esters is 1. The van der Waals surface area contributed by atoms with Crippen molar-refractivity contribution < 1.29 is 27.5 Å². The monoisotopic (exact) mass is 389 g/mol. The van der Waals surface area contributed by atoms with Crippen molar-refractivity contribution in [1.82, 2.24) is 4.90 Å². The average Bonchev–Trinajstić information content (AvgIpc) is 2.65. The van der Waals surface area contributed by atoms with Crippen molar-refractivity contribution in [3.05, 3.63) is 82.3 Å². The third-order valence-electron chi connectivity index (χ3n) is 4.85. The Morgan fingerprint density at radius 2 is 1.86 bits per heavy atom. The first-order chi connectivity index (χ1) is 13.3. The van der Waals surface area contributed by atoms with Gasteiger partial charge in [0.05, 0.1) is 19.2 Å². The van der Waals surface area contributed by atoms with Gasteiger partial charge in [0.25, 0.3) is 0 Å². The second-order valence-electron chi connectivity index (χ2n) is 6.48. The Morgan fingerprint density at radius 1 is 1.14 bits per heavy atom. The van der Waals surface area contributed by atoms with Crippen molar-refractivity contribution in [3.63, 3.8) is 0 Å². The summed E-state index contributed by atoms with van der Waals surface area (Å²) in [5, 5.41) is 0. The Bertz CT molecular complexity index is 971. The molecule has 4 nitrogen and oxygen atoms in total. The van der Waals surface area contributed by atoms with E-state index in [0.29, 0.717) is 6.07 Å². The quantitative estimate of drug-likeness (QED) is 0.741. The van der Waals surface area contributed by atoms with Crippen LogP contribution < -0.4 is 0 Å². The fourth-order valence-electron chi connectivity index (χ4n) is 3.42. The predicted molar refractivity (Wildman–Crippen MR) is 95.4 cm³/mol. The first-order valence-corrected chi connectivity index (χ1v) is 8.61. The minimum atomic E-state index is -0.919. The molecule has 1 aliphatic heterocycles. The van der Waals surface area contributed by atoms with Crippen LogP contribution >= 0.6 is 0 Å². The van der Waals surface area contributed by atoms with E-state index < -0.39 is 35.2 Å². The molecule has 1 amide bonds. The van der Waals surface area contributed by atoms with Crippen LogP contribution in [0.15, 0.2) is 53.7 Å². The number of carbonyl (C=O) groups is 2. The van der Waals surface area contributed by atoms with Crippen LogP contribution in [0.4, 0.5) is 13.2 Å². The van der Waals surface area contributed by atoms with Gasteiger partial charge >= 0.3 is 5.97 Å². The lowest BCUT2D eigenvalue weighted by Crippen LogP contribution is -2.38. The van der Waals surface area contributed by atoms with Gasteiger partial charge < -0.3 is 9.64 Å². The highest BCUT2D eigenvalue weighted by molar-refractivity contribution is 5.95. The molecule has 146 valence electrons. The van der Waals surface area contributed by atoms with E-state index in [1.807, 2.05) is 0 Å². The number of rotatable bonds is 4. The number of hydrogen-bond acceptors (Lipinski definition) is 3. The number of carbonyl (C=O) groups excluding carboxylic acids is 2. The molecule has 2 aromatic rings. The average molecular weight is 389 g/mol. The van der Waals surface area contributed by atoms with Crippen molar-refractivity contribution in [2.24, 2.45) is 0 Å². The molecule has 1 atom stereocenters. The van der Waals surface area contributed by atoms with Crippen molar-refractivity contribution in [1.29, 1.82) is 0 Å². The van der Waals surface area contributed by atoms with Crippen LogP contribution in [0.25, 0.3) is 0 Å². The maximum absolute atomic E-state index is 14.3. The Labute approximate surface area is 160 Å². The van der Waals surface area contributed by atoms with E-state index in [1.165, 1.54) is 37.1 Å². The maximum atomic E-state index is 14.3. The van der Waals surface area contributed by atoms with Gasteiger partial charge in [-0.2, -0.15) is 0 Å². The number of allylic oxidation sites excluding steroid dienone is 1. The highest BCUT2D eigenvalue weighted by Crippen LogP contribution is 2.38. The van der Waals surface area contributed by atoms with Crippen LogP contribution in [-0.2, 0) is 20.9 Å². The molecule has 1 aliphatic rings. The second-order valence-corrected chi connectivity index (χ2v) is 6.48. The molecule has 1 heterocycles. The summed E-state index contributed by atoms with van der Waals surface area (Å²) in [5.41, 5.74) is 0.648. The van der Waals surface area contributed by atoms with Crippen LogP contribution in [0.3, 0.4) is 0 Å². The third-order valence-corrected chi connectivity index (χ3v) is 4.85. The smallest absolute Gasteiger partial charge is 0.336 e. The molecule has 0 N–H and O–H groups in total. The summed E-state index contributed by atoms with van der Waals surface area (Å²) in [6.07, 6.45) is -0.223. The summed E-state index contributed by atoms with van der Waals surface area (Å²) in [6.45, 7) is 1.45. The van der Waals surface area contributed by atoms with Crippen molar-refractivity contribution in [3.8, 4) is 0 Å². The van der Waals surface area contributed by atoms with Gasteiger partial charge in [0.15, 0.2) is 0 Å². The first-order valence-electron chi connectivity index (χ1n) is 8.61. The van der Waals surface area contributed by atoms with Crippen LogP contribution in [0.2, 0.25) is 0 Å². The molecule has 0 fully saturated rings. The summed E-state index contributed by atoms with van der Waals surface area (Å²) in [4.78, 5) is 26.5. The fourth-order valence-corrected chi connectivity index (χ4v) is 3.42. The van der Waals surface area contributed by atoms with Crippen molar-refractivity contribution in [2.45, 2.75) is 25.8 Å². The summed E-state index contributed by atoms with van der Waals surface area (Å²) >= 11 is 0. The second kappa shape index (κ2) is 7.88. The standard InChI is InChI=1S/C21H18F3NO3/c1-12-20(21(27)28-2)16(15-8-7-14(22)9-18(15)24)10-19(26)25(12)11-13-5-3-4-6-17(13)23/h3-9,16H,10-11H2,1-2H3/t16-/m1/s1. The molecule has 2 aromatic carbocycles. The van der Waals surface area contributed by atoms with Crippen LogP contribution in [-0.4, -0.2) is 23.9 Å². The molecule has 0 aliphatic carbocycles. The lowest BCUT2D eigenvalue weighted by molar-refractivity contribution is -0.138. The molecule has 7 heteroatoms. The highest BCUT2D eigenvalue weighted by Gasteiger charge is 2.38. The number of methoxy groups -OCH3 is 1. The van der Waals surface area contributed by atoms with Crippen molar-refractivity contribution in [2.75, 3.05) is 7.11 Å². The van der Waals surface area contributed by atoms with E-state index in [4.69, 9.17) is 4.74 Å². The molecule has 3 rings (SSSR count). The lowest BCUT2D eigenvalue weighted by atomic mass is 9.83. The first kappa shape index (κ1) is 19.7. The number of benzene rings is 2. The molecule has 28 heavy (non-hydrogen) atoms. The molecular weight excluding hydrogens is 371 g/mol. The van der Waals surface area contributed by atoms with E-state index in [9.17, 15) is 22.8 Å². The Hall–Kier alpha value is -3.09. The van der Waals surface area contributed by atoms with Gasteiger partial charge in [0.1, 0.15) is 17.5 Å². The van der Waals surface area contributed by atoms with E-state index in [0.717, 1.165) is 6.07 Å². The van der Waals surface area contributed by atoms with Gasteiger partial charge in [-0.25, -0.2) is 18.0 Å². The van der Waals surface area contributed by atoms with Gasteiger partial charge in [-0.1, -0.05) is 24.3 Å². The molecule has 0 unspecified atom stereocenters. The SMILES string of the molecule is COC(=O)C1=C(C)N(Cc2ccccc2F)C(=O)C[C@@H]1c1ccc(F)cc1F. The molecule has 0 saturated heterocycles. The molecule has 0 saturated carbocycles. The van der Waals surface area contributed by atoms with E-state index >= 15 is 0 Å². The molecule has 0 radical (unpaired) electrons. The zero-order valence-electron chi connectivity index (χ0n) is 15.3. The Balaban J connectivity index is 2.07. The van der Waals surface area contributed by atoms with Gasteiger partial charge in [0.2, 0.25) is 5.91 Å². The topological polar surface area (TPSA) is 46.6 Å². The molecule has 0 spiro atoms. The minimum Gasteiger partial charge on any atom is -0.466 e. The number of nitrogens with zero attached hydrogens (tertiary/aromatic N) is 1. The van der Waals surface area contributed by atoms with Gasteiger partial charge in [-0.05, 0) is 24.6 Å². The maximum Gasteiger partial charge on any atom is 0.336 e. The van der Waals surface area contributed by atoms with Gasteiger partial charge in [-0.15, -0.1) is 0 Å². The minimum absolute atomic E-state index is 0.0278. The lowest BCUT2D eigenvalue weighted by Gasteiger charge is -2.34. The number of hydrogen-bond donors (Lipinski definition) is 0. The summed E-state index contributed by atoms with van der Waals surface area (Å²) < 4.78 is 46.5. The fraction of sp³-hybridized carbons (Fsp3) is 0.238. The Kier molecular flexibility index (Phi) is 5.53. The Morgan fingerprint density at radius 3 is 2.50 bits per heavy atom. The van der Waals surface area contributed by atoms with E-state index in [-0.39, 0.29) is 35.4 Å². The van der Waals surface area contributed by atoms with E-state index in [2.05, 4.69) is 0 Å². The summed E-state index contributed by atoms with van der Waals surface area (Å²) in [5.74, 6) is -4.13. The van der Waals surface area contributed by atoms with Gasteiger partial charge in [-0.3, -0.25) is 4.79 Å².